The first-order valence-electron chi connectivity index (χ1n) is 4.35. The minimum Gasteiger partial charge on any atom is -0.508 e. The molecule has 0 amide bonds. The van der Waals surface area contributed by atoms with Crippen LogP contribution in [0.5, 0.6) is 11.5 Å². The highest BCUT2D eigenvalue weighted by molar-refractivity contribution is 5.51. The van der Waals surface area contributed by atoms with Crippen molar-refractivity contribution in [3.63, 3.8) is 0 Å². The van der Waals surface area contributed by atoms with Crippen molar-refractivity contribution in [1.82, 2.24) is 0 Å². The number of ether oxygens (including phenoxy) is 1. The summed E-state index contributed by atoms with van der Waals surface area (Å²) >= 11 is 0. The van der Waals surface area contributed by atoms with Gasteiger partial charge >= 0.3 is 0 Å². The van der Waals surface area contributed by atoms with Gasteiger partial charge in [-0.1, -0.05) is 12.2 Å². The van der Waals surface area contributed by atoms with Gasteiger partial charge in [-0.25, -0.2) is 0 Å². The molecule has 2 rings (SSSR count). The SMILES string of the molecule is COc1ccc(O)c2c1CC=CC2. The van der Waals surface area contributed by atoms with Crippen LogP contribution in [0.4, 0.5) is 0 Å². The molecule has 0 heterocycles. The molecule has 1 N–H and O–H groups in total. The summed E-state index contributed by atoms with van der Waals surface area (Å²) in [5.41, 5.74) is 2.12. The van der Waals surface area contributed by atoms with Crippen molar-refractivity contribution < 1.29 is 9.84 Å². The monoisotopic (exact) mass is 176 g/mol. The van der Waals surface area contributed by atoms with Crippen LogP contribution in [-0.2, 0) is 12.8 Å². The molecule has 1 aromatic rings. The summed E-state index contributed by atoms with van der Waals surface area (Å²) in [5, 5.41) is 9.59. The number of aromatic hydroxyl groups is 1. The van der Waals surface area contributed by atoms with E-state index in [0.29, 0.717) is 5.75 Å². The lowest BCUT2D eigenvalue weighted by atomic mass is 9.95. The lowest BCUT2D eigenvalue weighted by Crippen LogP contribution is -2.00. The predicted octanol–water partition coefficient (Wildman–Crippen LogP) is 2.06. The van der Waals surface area contributed by atoms with E-state index in [1.807, 2.05) is 6.07 Å². The van der Waals surface area contributed by atoms with Crippen LogP contribution in [0.3, 0.4) is 0 Å². The number of methoxy groups -OCH3 is 1. The summed E-state index contributed by atoms with van der Waals surface area (Å²) < 4.78 is 5.22. The molecule has 2 nitrogen and oxygen atoms in total. The van der Waals surface area contributed by atoms with Crippen LogP contribution < -0.4 is 4.74 Å². The van der Waals surface area contributed by atoms with Gasteiger partial charge in [0.1, 0.15) is 11.5 Å². The second kappa shape index (κ2) is 3.13. The minimum absolute atomic E-state index is 0.375. The van der Waals surface area contributed by atoms with Gasteiger partial charge in [0.15, 0.2) is 0 Å². The largest absolute Gasteiger partial charge is 0.508 e. The van der Waals surface area contributed by atoms with Gasteiger partial charge in [-0.3, -0.25) is 0 Å². The Morgan fingerprint density at radius 3 is 2.54 bits per heavy atom. The number of allylic oxidation sites excluding steroid dienone is 2. The van der Waals surface area contributed by atoms with Crippen LogP contribution in [-0.4, -0.2) is 12.2 Å². The van der Waals surface area contributed by atoms with Gasteiger partial charge in [-0.05, 0) is 25.0 Å². The summed E-state index contributed by atoms with van der Waals surface area (Å²) in [6.07, 6.45) is 5.83. The zero-order valence-electron chi connectivity index (χ0n) is 7.58. The second-order valence-electron chi connectivity index (χ2n) is 3.12. The summed E-state index contributed by atoms with van der Waals surface area (Å²) in [4.78, 5) is 0. The average molecular weight is 176 g/mol. The molecule has 0 saturated heterocycles. The van der Waals surface area contributed by atoms with Gasteiger partial charge < -0.3 is 9.84 Å². The Morgan fingerprint density at radius 1 is 1.15 bits per heavy atom. The number of phenolic OH excluding ortho intramolecular Hbond substituents is 1. The molecule has 2 heteroatoms. The van der Waals surface area contributed by atoms with E-state index in [1.54, 1.807) is 13.2 Å². The fourth-order valence-electron chi connectivity index (χ4n) is 1.70. The maximum atomic E-state index is 9.59. The van der Waals surface area contributed by atoms with E-state index in [1.165, 1.54) is 0 Å². The topological polar surface area (TPSA) is 29.5 Å². The number of benzene rings is 1. The summed E-state index contributed by atoms with van der Waals surface area (Å²) in [6.45, 7) is 0. The normalized spacial score (nSPS) is 13.9. The molecule has 1 aliphatic carbocycles. The Balaban J connectivity index is 2.56. The fraction of sp³-hybridized carbons (Fsp3) is 0.273. The van der Waals surface area contributed by atoms with Crippen LogP contribution in [0.1, 0.15) is 11.1 Å². The zero-order valence-corrected chi connectivity index (χ0v) is 7.58. The highest BCUT2D eigenvalue weighted by Crippen LogP contribution is 2.32. The van der Waals surface area contributed by atoms with Crippen molar-refractivity contribution in [1.29, 1.82) is 0 Å². The molecule has 0 bridgehead atoms. The van der Waals surface area contributed by atoms with Crippen molar-refractivity contribution in [2.45, 2.75) is 12.8 Å². The van der Waals surface area contributed by atoms with Crippen molar-refractivity contribution in [3.05, 3.63) is 35.4 Å². The van der Waals surface area contributed by atoms with E-state index in [9.17, 15) is 5.11 Å². The van der Waals surface area contributed by atoms with E-state index in [-0.39, 0.29) is 0 Å². The number of fused-ring (bicyclic) bond motifs is 1. The molecule has 0 saturated carbocycles. The van der Waals surface area contributed by atoms with Gasteiger partial charge in [-0.15, -0.1) is 0 Å². The van der Waals surface area contributed by atoms with Gasteiger partial charge in [0.05, 0.1) is 7.11 Å². The quantitative estimate of drug-likeness (QED) is 0.663. The number of phenols is 1. The third-order valence-electron chi connectivity index (χ3n) is 2.39. The molecule has 0 fully saturated rings. The third kappa shape index (κ3) is 1.28. The molecule has 0 spiro atoms. The molecular weight excluding hydrogens is 164 g/mol. The van der Waals surface area contributed by atoms with Gasteiger partial charge in [0, 0.05) is 11.1 Å². The van der Waals surface area contributed by atoms with Crippen LogP contribution in [0.2, 0.25) is 0 Å². The number of hydrogen-bond acceptors (Lipinski definition) is 2. The zero-order chi connectivity index (χ0) is 9.26. The highest BCUT2D eigenvalue weighted by atomic mass is 16.5. The molecule has 0 aliphatic heterocycles. The van der Waals surface area contributed by atoms with Crippen molar-refractivity contribution in [2.75, 3.05) is 7.11 Å². The number of hydrogen-bond donors (Lipinski definition) is 1. The summed E-state index contributed by atoms with van der Waals surface area (Å²) in [5.74, 6) is 1.25. The molecule has 0 unspecified atom stereocenters. The fourth-order valence-corrected chi connectivity index (χ4v) is 1.70. The van der Waals surface area contributed by atoms with Crippen LogP contribution >= 0.6 is 0 Å². The van der Waals surface area contributed by atoms with Gasteiger partial charge in [0.25, 0.3) is 0 Å². The van der Waals surface area contributed by atoms with E-state index in [4.69, 9.17) is 4.74 Å². The molecule has 13 heavy (non-hydrogen) atoms. The Hall–Kier alpha value is -1.44. The predicted molar refractivity (Wildman–Crippen MR) is 51.2 cm³/mol. The Kier molecular flexibility index (Phi) is 1.97. The van der Waals surface area contributed by atoms with Crippen molar-refractivity contribution >= 4 is 0 Å². The van der Waals surface area contributed by atoms with Crippen LogP contribution in [0.15, 0.2) is 24.3 Å². The molecule has 0 atom stereocenters. The Morgan fingerprint density at radius 2 is 1.85 bits per heavy atom. The van der Waals surface area contributed by atoms with Gasteiger partial charge in [0.2, 0.25) is 0 Å². The standard InChI is InChI=1S/C11H12O2/c1-13-11-7-6-10(12)8-4-2-3-5-9(8)11/h2-3,6-7,12H,4-5H2,1H3. The first-order valence-corrected chi connectivity index (χ1v) is 4.35. The van der Waals surface area contributed by atoms with Crippen LogP contribution in [0.25, 0.3) is 0 Å². The first kappa shape index (κ1) is 8.17. The third-order valence-corrected chi connectivity index (χ3v) is 2.39. The maximum absolute atomic E-state index is 9.59. The number of rotatable bonds is 1. The second-order valence-corrected chi connectivity index (χ2v) is 3.12. The molecule has 0 radical (unpaired) electrons. The van der Waals surface area contributed by atoms with Gasteiger partial charge in [-0.2, -0.15) is 0 Å². The lowest BCUT2D eigenvalue weighted by Gasteiger charge is -2.15. The van der Waals surface area contributed by atoms with Crippen molar-refractivity contribution in [3.8, 4) is 11.5 Å². The Bertz CT molecular complexity index is 353. The van der Waals surface area contributed by atoms with Crippen molar-refractivity contribution in [2.24, 2.45) is 0 Å². The maximum Gasteiger partial charge on any atom is 0.122 e. The molecule has 1 aromatic carbocycles. The summed E-state index contributed by atoms with van der Waals surface area (Å²) in [6, 6.07) is 3.50. The highest BCUT2D eigenvalue weighted by Gasteiger charge is 2.13. The smallest absolute Gasteiger partial charge is 0.122 e. The van der Waals surface area contributed by atoms with E-state index in [0.717, 1.165) is 29.7 Å². The summed E-state index contributed by atoms with van der Waals surface area (Å²) in [7, 11) is 1.66. The first-order chi connectivity index (χ1) is 6.33. The molecular formula is C11H12O2. The lowest BCUT2D eigenvalue weighted by molar-refractivity contribution is 0.406. The minimum atomic E-state index is 0.375. The average Bonchev–Trinajstić information content (AvgIpc) is 2.19. The molecule has 68 valence electrons. The van der Waals surface area contributed by atoms with E-state index >= 15 is 0 Å². The molecule has 0 aromatic heterocycles. The van der Waals surface area contributed by atoms with E-state index < -0.39 is 0 Å². The molecule has 1 aliphatic rings. The Labute approximate surface area is 77.5 Å². The van der Waals surface area contributed by atoms with E-state index in [2.05, 4.69) is 12.2 Å². The van der Waals surface area contributed by atoms with Crippen LogP contribution in [0, 0.1) is 0 Å².